The third-order valence-corrected chi connectivity index (χ3v) is 9.21. The molecule has 3 heterocycles. The number of ether oxygens (including phenoxy) is 1. The van der Waals surface area contributed by atoms with Crippen LogP contribution in [0.4, 0.5) is 4.39 Å². The lowest BCUT2D eigenvalue weighted by Gasteiger charge is -2.40. The summed E-state index contributed by atoms with van der Waals surface area (Å²) in [7, 11) is 1.55. The Morgan fingerprint density at radius 3 is 2.89 bits per heavy atom. The van der Waals surface area contributed by atoms with E-state index in [0.29, 0.717) is 41.5 Å². The summed E-state index contributed by atoms with van der Waals surface area (Å²) >= 11 is 9.94. The first kappa shape index (κ1) is 26.2. The molecule has 1 saturated heterocycles. The molecule has 1 aromatic carbocycles. The molecule has 1 aliphatic rings. The Hall–Kier alpha value is -1.91. The number of thioether (sulfide) groups is 1. The fourth-order valence-corrected chi connectivity index (χ4v) is 6.83. The first-order valence-corrected chi connectivity index (χ1v) is 13.8. The molecule has 1 aliphatic heterocycles. The predicted molar refractivity (Wildman–Crippen MR) is 139 cm³/mol. The van der Waals surface area contributed by atoms with Crippen LogP contribution in [-0.4, -0.2) is 53.5 Å². The van der Waals surface area contributed by atoms with Crippen LogP contribution in [0, 0.1) is 5.41 Å². The van der Waals surface area contributed by atoms with Crippen molar-refractivity contribution < 1.29 is 19.1 Å². The third kappa shape index (κ3) is 6.09. The first-order chi connectivity index (χ1) is 17.0. The minimum Gasteiger partial charge on any atom is -0.497 e. The van der Waals surface area contributed by atoms with Crippen LogP contribution in [0.15, 0.2) is 46.1 Å². The molecule has 6 nitrogen and oxygen atoms in total. The van der Waals surface area contributed by atoms with Crippen molar-refractivity contribution in [1.29, 1.82) is 0 Å². The number of hydrogen-bond acceptors (Lipinski definition) is 7. The largest absolute Gasteiger partial charge is 0.497 e. The quantitative estimate of drug-likeness (QED) is 0.184. The topological polar surface area (TPSA) is 74.7 Å². The number of nitrogens with one attached hydrogen (secondary N) is 1. The number of carbonyl (C=O) groups is 1. The van der Waals surface area contributed by atoms with Gasteiger partial charge < -0.3 is 9.64 Å². The van der Waals surface area contributed by atoms with Crippen LogP contribution in [0.1, 0.15) is 37.4 Å². The fourth-order valence-electron chi connectivity index (χ4n) is 4.70. The van der Waals surface area contributed by atoms with Gasteiger partial charge in [-0.25, -0.2) is 9.87 Å². The summed E-state index contributed by atoms with van der Waals surface area (Å²) < 4.78 is 22.3. The Labute approximate surface area is 217 Å². The molecule has 0 spiro atoms. The number of likely N-dealkylation sites (tertiary alicyclic amines) is 1. The van der Waals surface area contributed by atoms with E-state index in [-0.39, 0.29) is 11.4 Å². The van der Waals surface area contributed by atoms with E-state index in [9.17, 15) is 10.0 Å². The zero-order chi connectivity index (χ0) is 24.8. The van der Waals surface area contributed by atoms with E-state index in [1.165, 1.54) is 10.4 Å². The number of hydroxylamine groups is 1. The van der Waals surface area contributed by atoms with Gasteiger partial charge in [0.2, 0.25) is 5.91 Å². The number of rotatable bonds is 10. The Kier molecular flexibility index (Phi) is 8.88. The number of thiophene rings is 1. The minimum atomic E-state index is -1.39. The maximum absolute atomic E-state index is 15.7. The molecule has 4 rings (SSSR count). The summed E-state index contributed by atoms with van der Waals surface area (Å²) in [5.74, 6) is 1.13. The van der Waals surface area contributed by atoms with E-state index in [1.54, 1.807) is 36.6 Å². The van der Waals surface area contributed by atoms with Crippen molar-refractivity contribution in [2.24, 2.45) is 5.41 Å². The van der Waals surface area contributed by atoms with E-state index in [1.807, 2.05) is 23.3 Å². The molecule has 1 atom stereocenters. The second-order valence-electron chi connectivity index (χ2n) is 8.75. The van der Waals surface area contributed by atoms with Crippen molar-refractivity contribution in [2.75, 3.05) is 32.5 Å². The van der Waals surface area contributed by atoms with Gasteiger partial charge in [0.05, 0.1) is 27.3 Å². The van der Waals surface area contributed by atoms with Crippen LogP contribution in [0.2, 0.25) is 5.02 Å². The lowest BCUT2D eigenvalue weighted by Crippen LogP contribution is -2.48. The van der Waals surface area contributed by atoms with E-state index >= 15 is 4.39 Å². The van der Waals surface area contributed by atoms with Gasteiger partial charge in [0.25, 0.3) is 0 Å². The van der Waals surface area contributed by atoms with Crippen molar-refractivity contribution in [3.63, 3.8) is 0 Å². The minimum absolute atomic E-state index is 0.109. The summed E-state index contributed by atoms with van der Waals surface area (Å²) in [5, 5.41) is 12.4. The summed E-state index contributed by atoms with van der Waals surface area (Å²) in [6.45, 7) is 2.38. The van der Waals surface area contributed by atoms with E-state index in [2.05, 4.69) is 21.3 Å². The van der Waals surface area contributed by atoms with Gasteiger partial charge in [0.15, 0.2) is 0 Å². The van der Waals surface area contributed by atoms with Crippen molar-refractivity contribution in [2.45, 2.75) is 36.1 Å². The SMILES string of the molecule is COc1ccc2ncc(Cl)c(C(F)CCC3(C(=O)NO)CCN(CCSc4cccs4)CC3)c2c1. The number of alkyl halides is 1. The molecule has 3 aromatic rings. The predicted octanol–water partition coefficient (Wildman–Crippen LogP) is 6.13. The molecule has 1 unspecified atom stereocenters. The van der Waals surface area contributed by atoms with Gasteiger partial charge in [0.1, 0.15) is 11.9 Å². The molecule has 0 saturated carbocycles. The molecule has 1 fully saturated rings. The van der Waals surface area contributed by atoms with Crippen LogP contribution in [-0.2, 0) is 4.79 Å². The van der Waals surface area contributed by atoms with Crippen molar-refractivity contribution >= 4 is 51.5 Å². The highest BCUT2D eigenvalue weighted by Gasteiger charge is 2.41. The second kappa shape index (κ2) is 11.9. The van der Waals surface area contributed by atoms with Gasteiger partial charge in [-0.3, -0.25) is 15.0 Å². The summed E-state index contributed by atoms with van der Waals surface area (Å²) in [6.07, 6.45) is 1.62. The van der Waals surface area contributed by atoms with E-state index < -0.39 is 17.5 Å². The molecule has 0 bridgehead atoms. The molecule has 35 heavy (non-hydrogen) atoms. The van der Waals surface area contributed by atoms with Crippen molar-refractivity contribution in [3.05, 3.63) is 52.5 Å². The van der Waals surface area contributed by atoms with Crippen LogP contribution in [0.5, 0.6) is 5.75 Å². The van der Waals surface area contributed by atoms with Gasteiger partial charge in [-0.15, -0.1) is 23.1 Å². The highest BCUT2D eigenvalue weighted by molar-refractivity contribution is 8.01. The van der Waals surface area contributed by atoms with Crippen LogP contribution in [0.25, 0.3) is 10.9 Å². The molecule has 2 aromatic heterocycles. The van der Waals surface area contributed by atoms with Crippen LogP contribution in [0.3, 0.4) is 0 Å². The number of pyridine rings is 1. The Balaban J connectivity index is 1.42. The Morgan fingerprint density at radius 2 is 2.20 bits per heavy atom. The molecule has 0 aliphatic carbocycles. The third-order valence-electron chi connectivity index (χ3n) is 6.80. The van der Waals surface area contributed by atoms with Gasteiger partial charge in [-0.05, 0) is 68.4 Å². The maximum atomic E-state index is 15.7. The number of amides is 1. The number of carbonyl (C=O) groups excluding carboxylic acids is 1. The number of benzene rings is 1. The van der Waals surface area contributed by atoms with Crippen molar-refractivity contribution in [3.8, 4) is 5.75 Å². The monoisotopic (exact) mass is 537 g/mol. The van der Waals surface area contributed by atoms with E-state index in [4.69, 9.17) is 16.3 Å². The number of aromatic nitrogens is 1. The van der Waals surface area contributed by atoms with Gasteiger partial charge in [-0.2, -0.15) is 0 Å². The van der Waals surface area contributed by atoms with Crippen molar-refractivity contribution in [1.82, 2.24) is 15.4 Å². The first-order valence-electron chi connectivity index (χ1n) is 11.6. The normalized spacial score (nSPS) is 16.8. The zero-order valence-corrected chi connectivity index (χ0v) is 21.9. The lowest BCUT2D eigenvalue weighted by atomic mass is 9.73. The van der Waals surface area contributed by atoms with Crippen LogP contribution < -0.4 is 10.2 Å². The summed E-state index contributed by atoms with van der Waals surface area (Å²) in [6, 6.07) is 9.44. The Morgan fingerprint density at radius 1 is 1.40 bits per heavy atom. The average molecular weight is 538 g/mol. The van der Waals surface area contributed by atoms with Gasteiger partial charge in [0, 0.05) is 29.4 Å². The molecule has 2 N–H and O–H groups in total. The smallest absolute Gasteiger partial charge is 0.249 e. The zero-order valence-electron chi connectivity index (χ0n) is 19.5. The fraction of sp³-hybridized carbons (Fsp3) is 0.440. The Bertz CT molecular complexity index is 1140. The summed E-state index contributed by atoms with van der Waals surface area (Å²) in [5.41, 5.74) is 2.01. The average Bonchev–Trinajstić information content (AvgIpc) is 3.40. The molecular weight excluding hydrogens is 509 g/mol. The standard InChI is InChI=1S/C25H29ClFN3O3S2/c1-33-17-4-5-21-18(15-17)23(19(26)16-28-21)20(27)6-7-25(24(31)29-32)8-10-30(11-9-25)12-14-35-22-3-2-13-34-22/h2-5,13,15-16,20,32H,6-12,14H2,1H3,(H,29,31). The molecule has 0 radical (unpaired) electrons. The van der Waals surface area contributed by atoms with Crippen LogP contribution >= 0.6 is 34.7 Å². The number of halogens is 2. The number of piperidine rings is 1. The van der Waals surface area contributed by atoms with Gasteiger partial charge in [-0.1, -0.05) is 17.7 Å². The maximum Gasteiger partial charge on any atom is 0.249 e. The number of methoxy groups -OCH3 is 1. The molecule has 188 valence electrons. The second-order valence-corrected chi connectivity index (χ2v) is 11.5. The van der Waals surface area contributed by atoms with E-state index in [0.717, 1.165) is 25.4 Å². The highest BCUT2D eigenvalue weighted by atomic mass is 35.5. The summed E-state index contributed by atoms with van der Waals surface area (Å²) in [4.78, 5) is 19.3. The number of fused-ring (bicyclic) bond motifs is 1. The lowest BCUT2D eigenvalue weighted by molar-refractivity contribution is -0.143. The highest BCUT2D eigenvalue weighted by Crippen LogP contribution is 2.42. The van der Waals surface area contributed by atoms with Gasteiger partial charge >= 0.3 is 0 Å². The number of nitrogens with zero attached hydrogens (tertiary/aromatic N) is 2. The number of hydrogen-bond donors (Lipinski definition) is 2. The molecule has 1 amide bonds. The molecular formula is C25H29ClFN3O3S2. The molecule has 10 heteroatoms.